The fraction of sp³-hybridized carbons (Fsp3) is 0.786. The summed E-state index contributed by atoms with van der Waals surface area (Å²) < 4.78 is 0. The maximum absolute atomic E-state index is 12.6. The second kappa shape index (κ2) is 4.94. The van der Waals surface area contributed by atoms with Crippen molar-refractivity contribution in [3.05, 3.63) is 0 Å². The molecule has 2 amide bonds. The van der Waals surface area contributed by atoms with Crippen LogP contribution in [0.25, 0.3) is 0 Å². The predicted octanol–water partition coefficient (Wildman–Crippen LogP) is 1.80. The Balaban J connectivity index is 2.28. The highest BCUT2D eigenvalue weighted by Crippen LogP contribution is 2.43. The van der Waals surface area contributed by atoms with Crippen LogP contribution in [-0.2, 0) is 14.4 Å². The summed E-state index contributed by atoms with van der Waals surface area (Å²) in [5, 5.41) is 9.21. The molecule has 0 aromatic rings. The Kier molecular flexibility index (Phi) is 3.65. The van der Waals surface area contributed by atoms with E-state index in [1.54, 1.807) is 0 Å². The number of carbonyl (C=O) groups excluding carboxylic acids is 2. The molecule has 0 aromatic heterocycles. The summed E-state index contributed by atoms with van der Waals surface area (Å²) in [6.07, 6.45) is 3.45. The number of hydrogen-bond acceptors (Lipinski definition) is 3. The normalized spacial score (nSPS) is 30.1. The minimum absolute atomic E-state index is 0.152. The molecule has 2 rings (SSSR count). The molecule has 1 N–H and O–H groups in total. The molecule has 1 saturated carbocycles. The number of amides is 2. The lowest BCUT2D eigenvalue weighted by Gasteiger charge is -2.29. The van der Waals surface area contributed by atoms with Crippen LogP contribution in [-0.4, -0.2) is 33.8 Å². The molecule has 106 valence electrons. The molecule has 1 heterocycles. The van der Waals surface area contributed by atoms with E-state index in [0.717, 1.165) is 6.42 Å². The molecule has 2 unspecified atom stereocenters. The SMILES string of the molecule is CCC1(CC)CC(=O)N(C2CCCC2C(=O)O)C1=O. The summed E-state index contributed by atoms with van der Waals surface area (Å²) in [6, 6.07) is -0.433. The fourth-order valence-electron chi connectivity index (χ4n) is 3.49. The van der Waals surface area contributed by atoms with Crippen molar-refractivity contribution in [3.63, 3.8) is 0 Å². The molecule has 2 fully saturated rings. The van der Waals surface area contributed by atoms with Gasteiger partial charge in [0.25, 0.3) is 0 Å². The Hall–Kier alpha value is -1.39. The quantitative estimate of drug-likeness (QED) is 0.788. The molecular formula is C14H21NO4. The van der Waals surface area contributed by atoms with Gasteiger partial charge in [0.2, 0.25) is 11.8 Å². The molecule has 1 saturated heterocycles. The van der Waals surface area contributed by atoms with Crippen LogP contribution in [0.1, 0.15) is 52.4 Å². The van der Waals surface area contributed by atoms with Crippen molar-refractivity contribution in [2.75, 3.05) is 0 Å². The number of aliphatic carboxylic acids is 1. The van der Waals surface area contributed by atoms with Gasteiger partial charge < -0.3 is 5.11 Å². The highest BCUT2D eigenvalue weighted by Gasteiger charge is 2.53. The van der Waals surface area contributed by atoms with E-state index in [1.807, 2.05) is 13.8 Å². The van der Waals surface area contributed by atoms with Crippen LogP contribution < -0.4 is 0 Å². The Bertz CT molecular complexity index is 414. The number of rotatable bonds is 4. The van der Waals surface area contributed by atoms with Gasteiger partial charge in [0.1, 0.15) is 0 Å². The third-order valence-corrected chi connectivity index (χ3v) is 4.91. The van der Waals surface area contributed by atoms with Crippen molar-refractivity contribution in [3.8, 4) is 0 Å². The zero-order valence-corrected chi connectivity index (χ0v) is 11.5. The van der Waals surface area contributed by atoms with Crippen molar-refractivity contribution in [2.45, 2.75) is 58.4 Å². The average Bonchev–Trinajstić information content (AvgIpc) is 2.93. The van der Waals surface area contributed by atoms with Crippen molar-refractivity contribution in [1.82, 2.24) is 4.90 Å². The maximum Gasteiger partial charge on any atom is 0.308 e. The van der Waals surface area contributed by atoms with Gasteiger partial charge in [-0.05, 0) is 25.7 Å². The lowest BCUT2D eigenvalue weighted by Crippen LogP contribution is -2.46. The molecule has 19 heavy (non-hydrogen) atoms. The van der Waals surface area contributed by atoms with Gasteiger partial charge in [0.05, 0.1) is 17.4 Å². The number of carboxylic acid groups (broad SMARTS) is 1. The Morgan fingerprint density at radius 3 is 2.42 bits per heavy atom. The first-order chi connectivity index (χ1) is 8.96. The van der Waals surface area contributed by atoms with Crippen LogP contribution in [0, 0.1) is 11.3 Å². The van der Waals surface area contributed by atoms with E-state index in [9.17, 15) is 19.5 Å². The lowest BCUT2D eigenvalue weighted by molar-refractivity contribution is -0.149. The number of carboxylic acids is 1. The topological polar surface area (TPSA) is 74.7 Å². The summed E-state index contributed by atoms with van der Waals surface area (Å²) in [5.74, 6) is -1.82. The standard InChI is InChI=1S/C14H21NO4/c1-3-14(4-2)8-11(16)15(13(14)19)10-7-5-6-9(10)12(17)18/h9-10H,3-8H2,1-2H3,(H,17,18). The van der Waals surface area contributed by atoms with Gasteiger partial charge >= 0.3 is 5.97 Å². The summed E-state index contributed by atoms with van der Waals surface area (Å²) in [7, 11) is 0. The zero-order chi connectivity index (χ0) is 14.2. The molecule has 2 atom stereocenters. The van der Waals surface area contributed by atoms with Crippen LogP contribution in [0.4, 0.5) is 0 Å². The first-order valence-electron chi connectivity index (χ1n) is 7.06. The van der Waals surface area contributed by atoms with Gasteiger partial charge in [-0.25, -0.2) is 0 Å². The summed E-state index contributed by atoms with van der Waals surface area (Å²) in [5.41, 5.74) is -0.595. The molecule has 5 heteroatoms. The van der Waals surface area contributed by atoms with E-state index >= 15 is 0 Å². The highest BCUT2D eigenvalue weighted by atomic mass is 16.4. The Morgan fingerprint density at radius 1 is 1.32 bits per heavy atom. The number of carbonyl (C=O) groups is 3. The summed E-state index contributed by atoms with van der Waals surface area (Å²) >= 11 is 0. The van der Waals surface area contributed by atoms with Crippen molar-refractivity contribution in [2.24, 2.45) is 11.3 Å². The van der Waals surface area contributed by atoms with Gasteiger partial charge in [-0.15, -0.1) is 0 Å². The van der Waals surface area contributed by atoms with Crippen LogP contribution in [0.3, 0.4) is 0 Å². The minimum atomic E-state index is -0.895. The van der Waals surface area contributed by atoms with Gasteiger partial charge in [0, 0.05) is 6.42 Å². The van der Waals surface area contributed by atoms with Crippen molar-refractivity contribution < 1.29 is 19.5 Å². The van der Waals surface area contributed by atoms with Gasteiger partial charge in [-0.3, -0.25) is 19.3 Å². The summed E-state index contributed by atoms with van der Waals surface area (Å²) in [6.45, 7) is 3.84. The number of likely N-dealkylation sites (tertiary alicyclic amines) is 1. The molecular weight excluding hydrogens is 246 g/mol. The van der Waals surface area contributed by atoms with Gasteiger partial charge in [-0.2, -0.15) is 0 Å². The maximum atomic E-state index is 12.6. The highest BCUT2D eigenvalue weighted by molar-refractivity contribution is 6.06. The van der Waals surface area contributed by atoms with E-state index in [1.165, 1.54) is 4.90 Å². The lowest BCUT2D eigenvalue weighted by atomic mass is 9.81. The summed E-state index contributed by atoms with van der Waals surface area (Å²) in [4.78, 5) is 37.3. The smallest absolute Gasteiger partial charge is 0.308 e. The van der Waals surface area contributed by atoms with Gasteiger partial charge in [0.15, 0.2) is 0 Å². The fourth-order valence-corrected chi connectivity index (χ4v) is 3.49. The molecule has 5 nitrogen and oxygen atoms in total. The second-order valence-corrected chi connectivity index (χ2v) is 5.68. The third-order valence-electron chi connectivity index (χ3n) is 4.91. The van der Waals surface area contributed by atoms with E-state index < -0.39 is 23.3 Å². The third kappa shape index (κ3) is 2.05. The zero-order valence-electron chi connectivity index (χ0n) is 11.5. The molecule has 1 aliphatic carbocycles. The van der Waals surface area contributed by atoms with Crippen molar-refractivity contribution >= 4 is 17.8 Å². The Labute approximate surface area is 113 Å². The van der Waals surface area contributed by atoms with Crippen LogP contribution in [0.15, 0.2) is 0 Å². The first kappa shape index (κ1) is 14.0. The molecule has 0 spiro atoms. The number of imide groups is 1. The van der Waals surface area contributed by atoms with E-state index in [2.05, 4.69) is 0 Å². The largest absolute Gasteiger partial charge is 0.481 e. The molecule has 1 aliphatic heterocycles. The monoisotopic (exact) mass is 267 g/mol. The average molecular weight is 267 g/mol. The van der Waals surface area contributed by atoms with E-state index in [4.69, 9.17) is 0 Å². The van der Waals surface area contributed by atoms with E-state index in [-0.39, 0.29) is 18.2 Å². The molecule has 0 bridgehead atoms. The first-order valence-corrected chi connectivity index (χ1v) is 7.06. The van der Waals surface area contributed by atoms with Crippen molar-refractivity contribution in [1.29, 1.82) is 0 Å². The van der Waals surface area contributed by atoms with Gasteiger partial charge in [-0.1, -0.05) is 20.3 Å². The molecule has 0 radical (unpaired) electrons. The van der Waals surface area contributed by atoms with Crippen LogP contribution in [0.5, 0.6) is 0 Å². The van der Waals surface area contributed by atoms with Crippen LogP contribution >= 0.6 is 0 Å². The molecule has 0 aromatic carbocycles. The van der Waals surface area contributed by atoms with E-state index in [0.29, 0.717) is 25.7 Å². The van der Waals surface area contributed by atoms with Crippen LogP contribution in [0.2, 0.25) is 0 Å². The number of nitrogens with zero attached hydrogens (tertiary/aromatic N) is 1. The Morgan fingerprint density at radius 2 is 1.95 bits per heavy atom. The minimum Gasteiger partial charge on any atom is -0.481 e. The predicted molar refractivity (Wildman–Crippen MR) is 68.2 cm³/mol. The number of hydrogen-bond donors (Lipinski definition) is 1. The molecule has 2 aliphatic rings. The second-order valence-electron chi connectivity index (χ2n) is 5.68.